The van der Waals surface area contributed by atoms with Crippen molar-refractivity contribution in [1.29, 1.82) is 0 Å². The van der Waals surface area contributed by atoms with Gasteiger partial charge in [-0.1, -0.05) is 0 Å². The van der Waals surface area contributed by atoms with E-state index in [9.17, 15) is 0 Å². The third-order valence-corrected chi connectivity index (χ3v) is 2.22. The van der Waals surface area contributed by atoms with E-state index in [4.69, 9.17) is 20.4 Å². The Hall–Kier alpha value is -2.11. The smallest absolute Gasteiger partial charge is 0.724 e. The average molecular weight is 545 g/mol. The SMILES string of the molecule is O.[N-]=C=O.[N-]=C=O.[Zr+3].[Zr+3].c1cc[cH-]c1.c1cc[cH-]c1.c1cc[cH-]c1.c1cc[cH-]c1. The normalized spacial score (nSPS) is 6.07. The van der Waals surface area contributed by atoms with Crippen molar-refractivity contribution in [1.82, 2.24) is 0 Å². The summed E-state index contributed by atoms with van der Waals surface area (Å²) in [5.41, 5.74) is 0. The monoisotopic (exact) mass is 542 g/mol. The summed E-state index contributed by atoms with van der Waals surface area (Å²) in [4.78, 5) is 16.5. The Labute approximate surface area is 210 Å². The zero-order valence-electron chi connectivity index (χ0n) is 15.8. The van der Waals surface area contributed by atoms with Gasteiger partial charge in [-0.3, -0.25) is 9.59 Å². The molecular weight excluding hydrogens is 523 g/mol. The number of carbonyl (C=O) groups excluding carboxylic acids is 2. The van der Waals surface area contributed by atoms with Crippen LogP contribution in [0.5, 0.6) is 0 Å². The first-order valence-corrected chi connectivity index (χ1v) is 7.52. The second-order valence-electron chi connectivity index (χ2n) is 4.03. The molecule has 0 fully saturated rings. The van der Waals surface area contributed by atoms with Crippen LogP contribution in [0.1, 0.15) is 0 Å². The Morgan fingerprint density at radius 2 is 0.552 bits per heavy atom. The van der Waals surface area contributed by atoms with Crippen LogP contribution in [0.25, 0.3) is 10.8 Å². The second kappa shape index (κ2) is 40.5. The largest absolute Gasteiger partial charge is 3.00 e. The van der Waals surface area contributed by atoms with Gasteiger partial charge in [-0.25, -0.2) is 48.5 Å². The Bertz CT molecular complexity index is 509. The number of hydrogen-bond acceptors (Lipinski definition) is 2. The van der Waals surface area contributed by atoms with Crippen molar-refractivity contribution in [3.05, 3.63) is 132 Å². The topological polar surface area (TPSA) is 110 Å². The molecule has 0 spiro atoms. The van der Waals surface area contributed by atoms with Crippen molar-refractivity contribution in [3.8, 4) is 0 Å². The summed E-state index contributed by atoms with van der Waals surface area (Å²) in [7, 11) is 0. The minimum absolute atomic E-state index is 0. The molecule has 5 nitrogen and oxygen atoms in total. The molecular formula is C22H22N2O3Zr2. The number of rotatable bonds is 0. The molecule has 29 heavy (non-hydrogen) atoms. The van der Waals surface area contributed by atoms with Gasteiger partial charge in [0.1, 0.15) is 0 Å². The summed E-state index contributed by atoms with van der Waals surface area (Å²) >= 11 is 0. The van der Waals surface area contributed by atoms with Crippen LogP contribution in [0.15, 0.2) is 121 Å². The van der Waals surface area contributed by atoms with E-state index in [1.807, 2.05) is 121 Å². The average Bonchev–Trinajstić information content (AvgIpc) is 3.53. The van der Waals surface area contributed by atoms with Crippen molar-refractivity contribution >= 4 is 12.2 Å². The van der Waals surface area contributed by atoms with Crippen molar-refractivity contribution in [2.45, 2.75) is 0 Å². The van der Waals surface area contributed by atoms with E-state index >= 15 is 0 Å². The van der Waals surface area contributed by atoms with Gasteiger partial charge in [-0.15, -0.1) is 0 Å². The van der Waals surface area contributed by atoms with Gasteiger partial charge < -0.3 is 16.3 Å². The molecule has 7 heteroatoms. The zero-order valence-corrected chi connectivity index (χ0v) is 20.7. The summed E-state index contributed by atoms with van der Waals surface area (Å²) in [6, 6.07) is 40.0. The number of isocyanates is 2. The molecule has 4 rings (SSSR count). The molecule has 0 atom stereocenters. The molecule has 146 valence electrons. The summed E-state index contributed by atoms with van der Waals surface area (Å²) in [6.45, 7) is 0. The van der Waals surface area contributed by atoms with Gasteiger partial charge in [0, 0.05) is 0 Å². The van der Waals surface area contributed by atoms with Crippen LogP contribution >= 0.6 is 0 Å². The number of hydrogen-bond donors (Lipinski definition) is 0. The van der Waals surface area contributed by atoms with Crippen LogP contribution in [0.4, 0.5) is 0 Å². The summed E-state index contributed by atoms with van der Waals surface area (Å²) in [6.07, 6.45) is 1.00. The zero-order chi connectivity index (χ0) is 19.6. The fraction of sp³-hybridized carbons (Fsp3) is 0. The molecule has 0 unspecified atom stereocenters. The van der Waals surface area contributed by atoms with E-state index < -0.39 is 0 Å². The molecule has 0 aromatic heterocycles. The first-order chi connectivity index (χ1) is 12.8. The predicted molar refractivity (Wildman–Crippen MR) is 110 cm³/mol. The van der Waals surface area contributed by atoms with E-state index in [1.165, 1.54) is 0 Å². The van der Waals surface area contributed by atoms with E-state index in [2.05, 4.69) is 0 Å². The summed E-state index contributed by atoms with van der Waals surface area (Å²) < 4.78 is 0. The molecule has 0 aliphatic rings. The molecule has 2 radical (unpaired) electrons. The van der Waals surface area contributed by atoms with Crippen molar-refractivity contribution < 1.29 is 67.5 Å². The molecule has 0 heterocycles. The fourth-order valence-corrected chi connectivity index (χ4v) is 1.28. The van der Waals surface area contributed by atoms with Crippen LogP contribution in [0.3, 0.4) is 0 Å². The first kappa shape index (κ1) is 37.6. The molecule has 2 N–H and O–H groups in total. The molecule has 4 aromatic carbocycles. The summed E-state index contributed by atoms with van der Waals surface area (Å²) in [5.74, 6) is 0. The van der Waals surface area contributed by atoms with Gasteiger partial charge in [-0.2, -0.15) is 72.8 Å². The Morgan fingerprint density at radius 3 is 0.586 bits per heavy atom. The Kier molecular flexibility index (Phi) is 52.6. The van der Waals surface area contributed by atoms with Gasteiger partial charge in [0.25, 0.3) is 0 Å². The van der Waals surface area contributed by atoms with Gasteiger partial charge >= 0.3 is 52.4 Å². The van der Waals surface area contributed by atoms with Crippen LogP contribution in [0.2, 0.25) is 0 Å². The molecule has 0 aliphatic heterocycles. The van der Waals surface area contributed by atoms with Crippen LogP contribution < -0.4 is 0 Å². The molecule has 4 aromatic rings. The minimum Gasteiger partial charge on any atom is -0.724 e. The molecule has 0 saturated carbocycles. The second-order valence-corrected chi connectivity index (χ2v) is 4.03. The van der Waals surface area contributed by atoms with Crippen LogP contribution in [0, 0.1) is 0 Å². The maximum Gasteiger partial charge on any atom is 3.00 e. The van der Waals surface area contributed by atoms with Crippen molar-refractivity contribution in [3.63, 3.8) is 0 Å². The van der Waals surface area contributed by atoms with E-state index in [0.29, 0.717) is 12.2 Å². The third kappa shape index (κ3) is 46.2. The van der Waals surface area contributed by atoms with Gasteiger partial charge in [0.15, 0.2) is 0 Å². The van der Waals surface area contributed by atoms with Crippen molar-refractivity contribution in [2.75, 3.05) is 0 Å². The quantitative estimate of drug-likeness (QED) is 0.183. The standard InChI is InChI=1S/4C5H5.2CNO.H2O.2Zr/c4*1-2-4-5-3-1;2*2-1-3;;;/h4*1-5H;;;1H2;;/q6*-1;;2*+3. The Morgan fingerprint density at radius 1 is 0.448 bits per heavy atom. The minimum atomic E-state index is 0. The maximum atomic E-state index is 8.24. The van der Waals surface area contributed by atoms with E-state index in [-0.39, 0.29) is 57.9 Å². The predicted octanol–water partition coefficient (Wildman–Crippen LogP) is 4.58. The molecule has 0 bridgehead atoms. The molecule has 0 amide bonds. The van der Waals surface area contributed by atoms with Crippen LogP contribution in [-0.4, -0.2) is 17.6 Å². The maximum absolute atomic E-state index is 8.24. The first-order valence-electron chi connectivity index (χ1n) is 7.52. The molecule has 0 saturated heterocycles. The summed E-state index contributed by atoms with van der Waals surface area (Å²) in [5, 5.41) is 13.5. The Balaban J connectivity index is -0.0000000790. The van der Waals surface area contributed by atoms with Gasteiger partial charge in [0.2, 0.25) is 0 Å². The molecule has 0 aliphatic carbocycles. The number of nitrogens with zero attached hydrogens (tertiary/aromatic N) is 2. The van der Waals surface area contributed by atoms with E-state index in [1.54, 1.807) is 0 Å². The van der Waals surface area contributed by atoms with E-state index in [0.717, 1.165) is 0 Å². The van der Waals surface area contributed by atoms with Crippen LogP contribution in [-0.2, 0) is 62.0 Å². The fourth-order valence-electron chi connectivity index (χ4n) is 1.28. The van der Waals surface area contributed by atoms with Gasteiger partial charge in [0.05, 0.1) is 0 Å². The van der Waals surface area contributed by atoms with Crippen molar-refractivity contribution in [2.24, 2.45) is 0 Å². The van der Waals surface area contributed by atoms with Gasteiger partial charge in [-0.05, 0) is 12.2 Å². The third-order valence-electron chi connectivity index (χ3n) is 2.22.